The quantitative estimate of drug-likeness (QED) is 0.684. The van der Waals surface area contributed by atoms with E-state index in [1.807, 2.05) is 0 Å². The lowest BCUT2D eigenvalue weighted by molar-refractivity contribution is -0.144. The third-order valence-electron chi connectivity index (χ3n) is 3.12. The first kappa shape index (κ1) is 15.3. The molecule has 0 spiro atoms. The van der Waals surface area contributed by atoms with Crippen LogP contribution in [0.15, 0.2) is 30.3 Å². The second-order valence-electron chi connectivity index (χ2n) is 4.29. The van der Waals surface area contributed by atoms with Crippen molar-refractivity contribution in [2.75, 3.05) is 0 Å². The summed E-state index contributed by atoms with van der Waals surface area (Å²) >= 11 is 0. The molecule has 0 saturated carbocycles. The van der Waals surface area contributed by atoms with Gasteiger partial charge >= 0.3 is 20.0 Å². The van der Waals surface area contributed by atoms with Crippen LogP contribution in [-0.2, 0) is 19.6 Å². The van der Waals surface area contributed by atoms with Gasteiger partial charge in [0.2, 0.25) is 5.66 Å². The predicted molar refractivity (Wildman–Crippen MR) is 67.3 cm³/mol. The molecule has 19 heavy (non-hydrogen) atoms. The highest BCUT2D eigenvalue weighted by atomic mass is 31.1. The van der Waals surface area contributed by atoms with Crippen molar-refractivity contribution in [3.63, 3.8) is 0 Å². The van der Waals surface area contributed by atoms with Crippen molar-refractivity contribution < 1.29 is 29.3 Å². The average molecular weight is 285 g/mol. The van der Waals surface area contributed by atoms with E-state index in [1.165, 1.54) is 19.1 Å². The summed E-state index contributed by atoms with van der Waals surface area (Å²) < 4.78 is 11.4. The van der Waals surface area contributed by atoms with E-state index >= 15 is 0 Å². The van der Waals surface area contributed by atoms with Crippen molar-refractivity contribution in [1.29, 1.82) is 0 Å². The molecule has 3 atom stereocenters. The summed E-state index contributed by atoms with van der Waals surface area (Å²) in [5.74, 6) is -2.65. The molecule has 0 amide bonds. The summed E-state index contributed by atoms with van der Waals surface area (Å²) in [5, 5.41) is 18.2. The molecule has 0 fully saturated rings. The van der Waals surface area contributed by atoms with Gasteiger partial charge in [-0.3, -0.25) is 9.59 Å². The molecule has 102 valence electrons. The lowest BCUT2D eigenvalue weighted by Crippen LogP contribution is -2.43. The Bertz CT molecular complexity index is 500. The molecule has 1 aromatic carbocycles. The van der Waals surface area contributed by atoms with Gasteiger partial charge in [-0.2, -0.15) is 4.89 Å². The number of carboxylic acids is 2. The Morgan fingerprint density at radius 1 is 1.26 bits per heavy atom. The molecule has 1 rings (SSSR count). The van der Waals surface area contributed by atoms with Crippen molar-refractivity contribution in [3.05, 3.63) is 35.9 Å². The van der Waals surface area contributed by atoms with Gasteiger partial charge in [0.25, 0.3) is 0 Å². The fourth-order valence-corrected chi connectivity index (χ4v) is 2.92. The molecular weight excluding hydrogens is 271 g/mol. The molecule has 0 saturated heterocycles. The van der Waals surface area contributed by atoms with Crippen LogP contribution in [-0.4, -0.2) is 32.7 Å². The minimum absolute atomic E-state index is 0.297. The Morgan fingerprint density at radius 3 is 2.16 bits per heavy atom. The Hall–Kier alpha value is -1.78. The zero-order chi connectivity index (χ0) is 14.6. The first-order chi connectivity index (χ1) is 8.80. The van der Waals surface area contributed by atoms with Crippen LogP contribution in [0.1, 0.15) is 18.9 Å². The topological polar surface area (TPSA) is 112 Å². The smallest absolute Gasteiger partial charge is 0.481 e. The number of benzene rings is 1. The minimum atomic E-state index is -2.95. The zero-order valence-electron chi connectivity index (χ0n) is 10.2. The maximum Gasteiger partial charge on any atom is 0.510 e. The average Bonchev–Trinajstić information content (AvgIpc) is 2.35. The monoisotopic (exact) mass is 285 g/mol. The Labute approximate surface area is 110 Å². The number of carbonyl (C=O) groups is 2. The van der Waals surface area contributed by atoms with Crippen LogP contribution in [0.25, 0.3) is 0 Å². The highest BCUT2D eigenvalue weighted by Gasteiger charge is 2.54. The zero-order valence-corrected chi connectivity index (χ0v) is 11.1. The van der Waals surface area contributed by atoms with E-state index in [0.29, 0.717) is 5.56 Å². The van der Waals surface area contributed by atoms with E-state index in [0.717, 1.165) is 0 Å². The van der Waals surface area contributed by atoms with Crippen LogP contribution in [0.2, 0.25) is 0 Å². The molecule has 0 aliphatic rings. The van der Waals surface area contributed by atoms with Crippen LogP contribution in [0.5, 0.6) is 0 Å². The van der Waals surface area contributed by atoms with E-state index < -0.39 is 37.5 Å². The summed E-state index contributed by atoms with van der Waals surface area (Å²) in [4.78, 5) is 31.6. The molecule has 1 aromatic rings. The van der Waals surface area contributed by atoms with Gasteiger partial charge in [-0.1, -0.05) is 30.3 Å². The highest BCUT2D eigenvalue weighted by molar-refractivity contribution is 7.39. The van der Waals surface area contributed by atoms with Crippen LogP contribution in [0, 0.1) is 0 Å². The van der Waals surface area contributed by atoms with Gasteiger partial charge in [-0.05, 0) is 17.1 Å². The van der Waals surface area contributed by atoms with E-state index in [4.69, 9.17) is 5.11 Å². The van der Waals surface area contributed by atoms with Crippen molar-refractivity contribution in [3.8, 4) is 0 Å². The summed E-state index contributed by atoms with van der Waals surface area (Å²) in [6.07, 6.45) is -0.691. The SMILES string of the molecule is CC(C(=O)O)(c1ccccc1)C(CC(=O)O)[P+](=O)O. The molecule has 6 nitrogen and oxygen atoms in total. The fraction of sp³-hybridized carbons (Fsp3) is 0.333. The van der Waals surface area contributed by atoms with Gasteiger partial charge in [0.1, 0.15) is 5.41 Å². The van der Waals surface area contributed by atoms with E-state index in [2.05, 4.69) is 0 Å². The molecule has 0 radical (unpaired) electrons. The maximum absolute atomic E-state index is 11.5. The molecule has 7 heteroatoms. The minimum Gasteiger partial charge on any atom is -0.481 e. The number of hydrogen-bond acceptors (Lipinski definition) is 3. The summed E-state index contributed by atoms with van der Waals surface area (Å²) in [7, 11) is -2.95. The third kappa shape index (κ3) is 3.16. The van der Waals surface area contributed by atoms with E-state index in [-0.39, 0.29) is 0 Å². The summed E-state index contributed by atoms with van der Waals surface area (Å²) in [6.45, 7) is 1.27. The standard InChI is InChI=1S/C12H13O6P/c1-12(11(15)16,8-5-3-2-4-6-8)9(19(17)18)7-10(13)14/h2-6,9H,7H2,1H3,(H2-,13,14,15,16,17,18)/p+1. The van der Waals surface area contributed by atoms with Crippen molar-refractivity contribution >= 4 is 20.0 Å². The van der Waals surface area contributed by atoms with Gasteiger partial charge < -0.3 is 10.2 Å². The van der Waals surface area contributed by atoms with Crippen LogP contribution < -0.4 is 0 Å². The van der Waals surface area contributed by atoms with Gasteiger partial charge in [0.15, 0.2) is 0 Å². The lowest BCUT2D eigenvalue weighted by Gasteiger charge is -2.25. The van der Waals surface area contributed by atoms with E-state index in [1.54, 1.807) is 18.2 Å². The van der Waals surface area contributed by atoms with E-state index in [9.17, 15) is 24.2 Å². The number of aliphatic carboxylic acids is 2. The molecule has 3 unspecified atom stereocenters. The van der Waals surface area contributed by atoms with Gasteiger partial charge in [0.05, 0.1) is 6.42 Å². The molecular formula is C12H14O6P+. The van der Waals surface area contributed by atoms with Crippen molar-refractivity contribution in [1.82, 2.24) is 0 Å². The Morgan fingerprint density at radius 2 is 1.79 bits per heavy atom. The van der Waals surface area contributed by atoms with Crippen LogP contribution >= 0.6 is 8.03 Å². The predicted octanol–water partition coefficient (Wildman–Crippen LogP) is 1.61. The number of hydrogen-bond donors (Lipinski definition) is 3. The highest BCUT2D eigenvalue weighted by Crippen LogP contribution is 2.42. The summed E-state index contributed by atoms with van der Waals surface area (Å²) in [6, 6.07) is 7.87. The number of rotatable bonds is 6. The maximum atomic E-state index is 11.5. The van der Waals surface area contributed by atoms with Crippen molar-refractivity contribution in [2.24, 2.45) is 0 Å². The molecule has 3 N–H and O–H groups in total. The van der Waals surface area contributed by atoms with Crippen LogP contribution in [0.3, 0.4) is 0 Å². The third-order valence-corrected chi connectivity index (χ3v) is 4.35. The second kappa shape index (κ2) is 5.91. The largest absolute Gasteiger partial charge is 0.510 e. The van der Waals surface area contributed by atoms with Gasteiger partial charge in [0, 0.05) is 0 Å². The van der Waals surface area contributed by atoms with Crippen molar-refractivity contribution in [2.45, 2.75) is 24.4 Å². The number of carboxylic acid groups (broad SMARTS) is 2. The summed E-state index contributed by atoms with van der Waals surface area (Å²) in [5.41, 5.74) is -2.84. The van der Waals surface area contributed by atoms with Gasteiger partial charge in [-0.15, -0.1) is 0 Å². The van der Waals surface area contributed by atoms with Crippen LogP contribution in [0.4, 0.5) is 0 Å². The molecule has 0 heterocycles. The first-order valence-electron chi connectivity index (χ1n) is 5.46. The molecule has 0 aliphatic carbocycles. The fourth-order valence-electron chi connectivity index (χ4n) is 1.91. The molecule has 0 aliphatic heterocycles. The first-order valence-corrected chi connectivity index (χ1v) is 6.74. The molecule has 0 bridgehead atoms. The second-order valence-corrected chi connectivity index (χ2v) is 5.52. The Kier molecular flexibility index (Phi) is 4.75. The van der Waals surface area contributed by atoms with Gasteiger partial charge in [-0.25, -0.2) is 0 Å². The lowest BCUT2D eigenvalue weighted by atomic mass is 9.78. The molecule has 0 aromatic heterocycles. The normalized spacial score (nSPS) is 16.2. The Balaban J connectivity index is 3.35.